The van der Waals surface area contributed by atoms with Gasteiger partial charge in [0, 0.05) is 25.7 Å². The quantitative estimate of drug-likeness (QED) is 0.420. The van der Waals surface area contributed by atoms with Crippen molar-refractivity contribution in [1.29, 1.82) is 0 Å². The van der Waals surface area contributed by atoms with Crippen LogP contribution < -0.4 is 9.62 Å². The van der Waals surface area contributed by atoms with Crippen LogP contribution >= 0.6 is 23.5 Å². The summed E-state index contributed by atoms with van der Waals surface area (Å²) in [5.74, 6) is -1.66. The molecule has 2 aromatic rings. The summed E-state index contributed by atoms with van der Waals surface area (Å²) in [7, 11) is 4.00. The van der Waals surface area contributed by atoms with E-state index in [1.54, 1.807) is 0 Å². The molecule has 1 aliphatic heterocycles. The molecule has 1 N–H and O–H groups in total. The Morgan fingerprint density at radius 2 is 2.11 bits per heavy atom. The summed E-state index contributed by atoms with van der Waals surface area (Å²) in [6.07, 6.45) is 0.945. The molecule has 1 saturated heterocycles. The second kappa shape index (κ2) is 8.58. The van der Waals surface area contributed by atoms with Gasteiger partial charge in [0.2, 0.25) is 5.95 Å². The first-order chi connectivity index (χ1) is 12.8. The molecule has 9 heteroatoms. The first-order valence-electron chi connectivity index (χ1n) is 8.47. The van der Waals surface area contributed by atoms with Gasteiger partial charge in [-0.3, -0.25) is 0 Å². The Labute approximate surface area is 165 Å². The smallest absolute Gasteiger partial charge is 0.214 e. The summed E-state index contributed by atoms with van der Waals surface area (Å²) in [5, 5.41) is -0.113. The fourth-order valence-electron chi connectivity index (χ4n) is 3.17. The molecule has 0 amide bonds. The summed E-state index contributed by atoms with van der Waals surface area (Å²) in [4.78, 5) is 7.33. The van der Waals surface area contributed by atoms with E-state index in [9.17, 15) is 13.2 Å². The van der Waals surface area contributed by atoms with E-state index in [1.165, 1.54) is 24.3 Å². The standard InChI is InChI=1S/C18H20ClF3N4S/c1-25(2)9-11-6-7-26(10-11)13-8-12(20)18(17(22)16(13)19)27-24-15-5-3-4-14(21)23-15/h3-5,8,11H,6-7,9-10H2,1-2H3,(H,23,24). The van der Waals surface area contributed by atoms with E-state index in [0.717, 1.165) is 13.0 Å². The van der Waals surface area contributed by atoms with E-state index in [-0.39, 0.29) is 15.7 Å². The first-order valence-corrected chi connectivity index (χ1v) is 9.67. The fraction of sp³-hybridized carbons (Fsp3) is 0.389. The van der Waals surface area contributed by atoms with Gasteiger partial charge < -0.3 is 14.5 Å². The van der Waals surface area contributed by atoms with E-state index in [4.69, 9.17) is 11.6 Å². The van der Waals surface area contributed by atoms with Crippen LogP contribution in [0.25, 0.3) is 0 Å². The maximum Gasteiger partial charge on any atom is 0.214 e. The number of nitrogens with zero attached hydrogens (tertiary/aromatic N) is 3. The minimum Gasteiger partial charge on any atom is -0.370 e. The van der Waals surface area contributed by atoms with Gasteiger partial charge in [0.1, 0.15) is 21.6 Å². The maximum absolute atomic E-state index is 14.7. The van der Waals surface area contributed by atoms with Crippen LogP contribution in [0.5, 0.6) is 0 Å². The first kappa shape index (κ1) is 20.1. The van der Waals surface area contributed by atoms with Crippen molar-refractivity contribution >= 4 is 35.1 Å². The van der Waals surface area contributed by atoms with Gasteiger partial charge in [-0.1, -0.05) is 17.7 Å². The van der Waals surface area contributed by atoms with Gasteiger partial charge in [0.15, 0.2) is 5.82 Å². The topological polar surface area (TPSA) is 31.4 Å². The summed E-state index contributed by atoms with van der Waals surface area (Å²) < 4.78 is 45.0. The number of pyridine rings is 1. The molecule has 0 spiro atoms. The lowest BCUT2D eigenvalue weighted by atomic mass is 10.1. The van der Waals surface area contributed by atoms with E-state index in [0.29, 0.717) is 36.6 Å². The summed E-state index contributed by atoms with van der Waals surface area (Å²) in [6.45, 7) is 2.32. The van der Waals surface area contributed by atoms with E-state index < -0.39 is 17.6 Å². The number of benzene rings is 1. The molecule has 27 heavy (non-hydrogen) atoms. The third kappa shape index (κ3) is 4.80. The molecule has 3 rings (SSSR count). The normalized spacial score (nSPS) is 17.0. The van der Waals surface area contributed by atoms with E-state index in [1.807, 2.05) is 19.0 Å². The molecule has 0 aliphatic carbocycles. The summed E-state index contributed by atoms with van der Waals surface area (Å²) in [5.41, 5.74) is 0.362. The molecule has 146 valence electrons. The minimum absolute atomic E-state index is 0.113. The molecule has 4 nitrogen and oxygen atoms in total. The zero-order chi connectivity index (χ0) is 19.6. The SMILES string of the molecule is CN(C)CC1CCN(c2cc(F)c(SNc3cccc(F)n3)c(F)c2Cl)C1. The number of halogens is 4. The van der Waals surface area contributed by atoms with Crippen molar-refractivity contribution < 1.29 is 13.2 Å². The van der Waals surface area contributed by atoms with Crippen LogP contribution in [0, 0.1) is 23.5 Å². The van der Waals surface area contributed by atoms with Crippen LogP contribution in [0.4, 0.5) is 24.7 Å². The molecule has 2 heterocycles. The summed E-state index contributed by atoms with van der Waals surface area (Å²) in [6, 6.07) is 5.39. The van der Waals surface area contributed by atoms with Crippen molar-refractivity contribution in [2.24, 2.45) is 5.92 Å². The van der Waals surface area contributed by atoms with Crippen molar-refractivity contribution in [3.63, 3.8) is 0 Å². The highest BCUT2D eigenvalue weighted by Gasteiger charge is 2.28. The van der Waals surface area contributed by atoms with Crippen LogP contribution in [0.15, 0.2) is 29.2 Å². The lowest BCUT2D eigenvalue weighted by molar-refractivity contribution is 0.340. The lowest BCUT2D eigenvalue weighted by Gasteiger charge is -2.22. The van der Waals surface area contributed by atoms with Gasteiger partial charge in [0.05, 0.1) is 5.69 Å². The minimum atomic E-state index is -0.836. The summed E-state index contributed by atoms with van der Waals surface area (Å²) >= 11 is 6.87. The lowest BCUT2D eigenvalue weighted by Crippen LogP contribution is -2.26. The van der Waals surface area contributed by atoms with Crippen molar-refractivity contribution in [3.05, 3.63) is 46.9 Å². The molecule has 0 radical (unpaired) electrons. The predicted octanol–water partition coefficient (Wildman–Crippen LogP) is 4.66. The molecule has 1 atom stereocenters. The highest BCUT2D eigenvalue weighted by atomic mass is 35.5. The Morgan fingerprint density at radius 3 is 2.81 bits per heavy atom. The van der Waals surface area contributed by atoms with Gasteiger partial charge in [-0.2, -0.15) is 4.39 Å². The molecule has 1 aliphatic rings. The number of hydrogen-bond acceptors (Lipinski definition) is 5. The van der Waals surface area contributed by atoms with Crippen molar-refractivity contribution in [2.45, 2.75) is 11.3 Å². The van der Waals surface area contributed by atoms with Crippen molar-refractivity contribution in [2.75, 3.05) is 43.4 Å². The van der Waals surface area contributed by atoms with Crippen LogP contribution in [0.2, 0.25) is 5.02 Å². The fourth-order valence-corrected chi connectivity index (χ4v) is 4.17. The van der Waals surface area contributed by atoms with Crippen LogP contribution in [-0.4, -0.2) is 43.6 Å². The molecule has 0 saturated carbocycles. The maximum atomic E-state index is 14.7. The Morgan fingerprint density at radius 1 is 1.33 bits per heavy atom. The zero-order valence-corrected chi connectivity index (χ0v) is 16.5. The average molecular weight is 417 g/mol. The van der Waals surface area contributed by atoms with Crippen LogP contribution in [0.1, 0.15) is 6.42 Å². The van der Waals surface area contributed by atoms with E-state index >= 15 is 0 Å². The Balaban J connectivity index is 1.76. The molecule has 0 bridgehead atoms. The third-order valence-corrected chi connectivity index (χ3v) is 5.57. The van der Waals surface area contributed by atoms with Gasteiger partial charge in [0.25, 0.3) is 0 Å². The average Bonchev–Trinajstić information content (AvgIpc) is 3.05. The number of hydrogen-bond donors (Lipinski definition) is 1. The number of rotatable bonds is 6. The number of anilines is 2. The Kier molecular flexibility index (Phi) is 6.39. The highest BCUT2D eigenvalue weighted by Crippen LogP contribution is 2.38. The number of nitrogens with one attached hydrogen (secondary N) is 1. The van der Waals surface area contributed by atoms with Gasteiger partial charge in [-0.25, -0.2) is 13.8 Å². The van der Waals surface area contributed by atoms with Crippen molar-refractivity contribution in [3.8, 4) is 0 Å². The second-order valence-corrected chi connectivity index (χ2v) is 7.94. The van der Waals surface area contributed by atoms with Gasteiger partial charge in [-0.05, 0) is 50.5 Å². The molecule has 1 fully saturated rings. The number of aromatic nitrogens is 1. The van der Waals surface area contributed by atoms with Gasteiger partial charge in [-0.15, -0.1) is 0 Å². The highest BCUT2D eigenvalue weighted by molar-refractivity contribution is 8.00. The van der Waals surface area contributed by atoms with Gasteiger partial charge >= 0.3 is 0 Å². The molecule has 1 aromatic carbocycles. The van der Waals surface area contributed by atoms with Crippen LogP contribution in [0.3, 0.4) is 0 Å². The Bertz CT molecular complexity index is 821. The Hall–Kier alpha value is -1.64. The zero-order valence-electron chi connectivity index (χ0n) is 15.0. The molecule has 1 aromatic heterocycles. The molecular formula is C18H20ClF3N4S. The van der Waals surface area contributed by atoms with Crippen LogP contribution in [-0.2, 0) is 0 Å². The largest absolute Gasteiger partial charge is 0.370 e. The van der Waals surface area contributed by atoms with E-state index in [2.05, 4.69) is 14.6 Å². The van der Waals surface area contributed by atoms with Crippen molar-refractivity contribution in [1.82, 2.24) is 9.88 Å². The second-order valence-electron chi connectivity index (χ2n) is 6.75. The molecular weight excluding hydrogens is 397 g/mol. The molecule has 1 unspecified atom stereocenters. The third-order valence-electron chi connectivity index (χ3n) is 4.32. The monoisotopic (exact) mass is 416 g/mol. The predicted molar refractivity (Wildman–Crippen MR) is 104 cm³/mol.